The average molecular weight is 313 g/mol. The molecule has 0 fully saturated rings. The maximum atomic E-state index is 12.4. The van der Waals surface area contributed by atoms with Gasteiger partial charge < -0.3 is 5.32 Å². The smallest absolute Gasteiger partial charge is 0.277 e. The third kappa shape index (κ3) is 3.86. The Labute approximate surface area is 136 Å². The van der Waals surface area contributed by atoms with Crippen molar-refractivity contribution in [3.8, 4) is 0 Å². The maximum Gasteiger partial charge on any atom is 0.277 e. The highest BCUT2D eigenvalue weighted by atomic mass is 16.2. The molecule has 2 aromatic rings. The van der Waals surface area contributed by atoms with Gasteiger partial charge in [0.25, 0.3) is 11.5 Å². The van der Waals surface area contributed by atoms with Crippen LogP contribution in [0.5, 0.6) is 0 Å². The average Bonchev–Trinajstić information content (AvgIpc) is 2.46. The Morgan fingerprint density at radius 2 is 1.96 bits per heavy atom. The van der Waals surface area contributed by atoms with Crippen molar-refractivity contribution in [3.63, 3.8) is 0 Å². The lowest BCUT2D eigenvalue weighted by atomic mass is 9.99. The van der Waals surface area contributed by atoms with Crippen molar-refractivity contribution in [2.24, 2.45) is 0 Å². The summed E-state index contributed by atoms with van der Waals surface area (Å²) in [5.41, 5.74) is 4.58. The van der Waals surface area contributed by atoms with Crippen molar-refractivity contribution in [1.82, 2.24) is 15.5 Å². The number of nitrogens with one attached hydrogen (secondary N) is 2. The molecular weight excluding hydrogens is 290 g/mol. The molecule has 1 heterocycles. The minimum Gasteiger partial charge on any atom is -0.349 e. The molecule has 1 aromatic heterocycles. The van der Waals surface area contributed by atoms with Gasteiger partial charge in [-0.1, -0.05) is 23.8 Å². The predicted molar refractivity (Wildman–Crippen MR) is 90.9 cm³/mol. The van der Waals surface area contributed by atoms with Gasteiger partial charge in [-0.3, -0.25) is 9.59 Å². The number of H-pyrrole nitrogens is 1. The summed E-state index contributed by atoms with van der Waals surface area (Å²) in [5, 5.41) is 9.14. The van der Waals surface area contributed by atoms with Gasteiger partial charge in [-0.25, -0.2) is 5.10 Å². The Morgan fingerprint density at radius 1 is 1.26 bits per heavy atom. The number of aromatic amines is 1. The summed E-state index contributed by atoms with van der Waals surface area (Å²) in [6.45, 7) is 9.57. The Bertz CT molecular complexity index is 793. The summed E-state index contributed by atoms with van der Waals surface area (Å²) in [6, 6.07) is 6.21. The van der Waals surface area contributed by atoms with E-state index in [1.807, 2.05) is 6.92 Å². The van der Waals surface area contributed by atoms with Crippen LogP contribution in [-0.4, -0.2) is 22.1 Å². The summed E-state index contributed by atoms with van der Waals surface area (Å²) < 4.78 is 0. The van der Waals surface area contributed by atoms with E-state index in [2.05, 4.69) is 47.6 Å². The molecule has 1 aromatic carbocycles. The molecule has 0 bridgehead atoms. The van der Waals surface area contributed by atoms with Gasteiger partial charge in [-0.05, 0) is 57.7 Å². The van der Waals surface area contributed by atoms with Gasteiger partial charge in [0.05, 0.1) is 5.69 Å². The van der Waals surface area contributed by atoms with Gasteiger partial charge in [0.1, 0.15) is 5.56 Å². The molecule has 0 spiro atoms. The highest BCUT2D eigenvalue weighted by Gasteiger charge is 2.18. The molecule has 2 rings (SSSR count). The molecule has 122 valence electrons. The molecule has 0 saturated carbocycles. The van der Waals surface area contributed by atoms with Crippen LogP contribution in [0.3, 0.4) is 0 Å². The zero-order chi connectivity index (χ0) is 17.1. The molecule has 0 aliphatic heterocycles. The fraction of sp³-hybridized carbons (Fsp3) is 0.389. The molecule has 0 radical (unpaired) electrons. The largest absolute Gasteiger partial charge is 0.349 e. The van der Waals surface area contributed by atoms with Crippen LogP contribution in [0.25, 0.3) is 0 Å². The molecule has 0 aliphatic carbocycles. The number of carbonyl (C=O) groups is 1. The third-order valence-electron chi connectivity index (χ3n) is 4.10. The normalized spacial score (nSPS) is 12.0. The lowest BCUT2D eigenvalue weighted by Gasteiger charge is -2.16. The first kappa shape index (κ1) is 16.9. The number of carbonyl (C=O) groups excluding carboxylic acids is 1. The summed E-state index contributed by atoms with van der Waals surface area (Å²) in [6.07, 6.45) is 0.721. The highest BCUT2D eigenvalue weighted by molar-refractivity contribution is 5.95. The summed E-state index contributed by atoms with van der Waals surface area (Å²) in [5.74, 6) is -0.355. The van der Waals surface area contributed by atoms with Crippen molar-refractivity contribution in [2.75, 3.05) is 0 Å². The molecular formula is C18H23N3O2. The maximum absolute atomic E-state index is 12.4. The van der Waals surface area contributed by atoms with Crippen LogP contribution >= 0.6 is 0 Å². The van der Waals surface area contributed by atoms with Gasteiger partial charge in [-0.2, -0.15) is 5.10 Å². The lowest BCUT2D eigenvalue weighted by molar-refractivity contribution is 0.0937. The van der Waals surface area contributed by atoms with Crippen LogP contribution in [0.2, 0.25) is 0 Å². The standard InChI is InChI=1S/C18H23N3O2/c1-10-6-7-15(11(2)8-10)9-12(3)19-17(22)16-13(4)14(5)20-21-18(16)23/h6-8,12H,9H2,1-5H3,(H,19,22)(H,21,23). The fourth-order valence-electron chi connectivity index (χ4n) is 2.65. The summed E-state index contributed by atoms with van der Waals surface area (Å²) in [7, 11) is 0. The van der Waals surface area contributed by atoms with Crippen molar-refractivity contribution in [1.29, 1.82) is 0 Å². The summed E-state index contributed by atoms with van der Waals surface area (Å²) >= 11 is 0. The van der Waals surface area contributed by atoms with E-state index in [1.54, 1.807) is 13.8 Å². The van der Waals surface area contributed by atoms with Gasteiger partial charge in [0, 0.05) is 6.04 Å². The quantitative estimate of drug-likeness (QED) is 0.910. The molecule has 1 atom stereocenters. The predicted octanol–water partition coefficient (Wildman–Crippen LogP) is 2.36. The first-order valence-electron chi connectivity index (χ1n) is 7.72. The molecule has 2 N–H and O–H groups in total. The van der Waals surface area contributed by atoms with Crippen LogP contribution in [0.15, 0.2) is 23.0 Å². The number of hydrogen-bond acceptors (Lipinski definition) is 3. The fourth-order valence-corrected chi connectivity index (χ4v) is 2.65. The molecule has 5 heteroatoms. The van der Waals surface area contributed by atoms with E-state index >= 15 is 0 Å². The molecule has 23 heavy (non-hydrogen) atoms. The van der Waals surface area contributed by atoms with E-state index in [9.17, 15) is 9.59 Å². The third-order valence-corrected chi connectivity index (χ3v) is 4.10. The van der Waals surface area contributed by atoms with Gasteiger partial charge in [0.15, 0.2) is 0 Å². The Hall–Kier alpha value is -2.43. The van der Waals surface area contributed by atoms with Gasteiger partial charge in [-0.15, -0.1) is 0 Å². The number of aryl methyl sites for hydroxylation is 3. The van der Waals surface area contributed by atoms with Crippen LogP contribution in [0, 0.1) is 27.7 Å². The van der Waals surface area contributed by atoms with Crippen molar-refractivity contribution in [2.45, 2.75) is 47.1 Å². The topological polar surface area (TPSA) is 74.8 Å². The van der Waals surface area contributed by atoms with Crippen LogP contribution < -0.4 is 10.9 Å². The van der Waals surface area contributed by atoms with Crippen LogP contribution in [0.1, 0.15) is 45.2 Å². The first-order valence-corrected chi connectivity index (χ1v) is 7.72. The second kappa shape index (κ2) is 6.77. The second-order valence-electron chi connectivity index (χ2n) is 6.15. The van der Waals surface area contributed by atoms with E-state index in [0.29, 0.717) is 11.3 Å². The minimum atomic E-state index is -0.454. The SMILES string of the molecule is Cc1ccc(CC(C)NC(=O)c2c(C)c(C)n[nH]c2=O)c(C)c1. The zero-order valence-electron chi connectivity index (χ0n) is 14.3. The van der Waals surface area contributed by atoms with Crippen LogP contribution in [-0.2, 0) is 6.42 Å². The molecule has 0 saturated heterocycles. The number of nitrogens with zero attached hydrogens (tertiary/aromatic N) is 1. The Balaban J connectivity index is 2.14. The van der Waals surface area contributed by atoms with Gasteiger partial charge in [0.2, 0.25) is 0 Å². The summed E-state index contributed by atoms with van der Waals surface area (Å²) in [4.78, 5) is 24.3. The number of rotatable bonds is 4. The molecule has 1 unspecified atom stereocenters. The van der Waals surface area contributed by atoms with Crippen molar-refractivity contribution in [3.05, 3.63) is 62.1 Å². The van der Waals surface area contributed by atoms with Crippen molar-refractivity contribution < 1.29 is 4.79 Å². The van der Waals surface area contributed by atoms with E-state index < -0.39 is 5.56 Å². The van der Waals surface area contributed by atoms with E-state index in [-0.39, 0.29) is 17.5 Å². The molecule has 5 nitrogen and oxygen atoms in total. The van der Waals surface area contributed by atoms with E-state index in [1.165, 1.54) is 16.7 Å². The number of amides is 1. The number of benzene rings is 1. The highest BCUT2D eigenvalue weighted by Crippen LogP contribution is 2.13. The monoisotopic (exact) mass is 313 g/mol. The van der Waals surface area contributed by atoms with E-state index in [4.69, 9.17) is 0 Å². The van der Waals surface area contributed by atoms with E-state index in [0.717, 1.165) is 6.42 Å². The zero-order valence-corrected chi connectivity index (χ0v) is 14.3. The Morgan fingerprint density at radius 3 is 2.61 bits per heavy atom. The molecule has 1 amide bonds. The Kier molecular flexibility index (Phi) is 4.98. The second-order valence-corrected chi connectivity index (χ2v) is 6.15. The molecule has 0 aliphatic rings. The van der Waals surface area contributed by atoms with Crippen LogP contribution in [0.4, 0.5) is 0 Å². The number of hydrogen-bond donors (Lipinski definition) is 2. The lowest BCUT2D eigenvalue weighted by Crippen LogP contribution is -2.38. The van der Waals surface area contributed by atoms with Crippen molar-refractivity contribution >= 4 is 5.91 Å². The number of aromatic nitrogens is 2. The first-order chi connectivity index (χ1) is 10.8. The van der Waals surface area contributed by atoms with Gasteiger partial charge >= 0.3 is 0 Å². The minimum absolute atomic E-state index is 0.0730.